The predicted octanol–water partition coefficient (Wildman–Crippen LogP) is 10.9. The maximum Gasteiger partial charge on any atom is 0.390 e. The van der Waals surface area contributed by atoms with Gasteiger partial charge in [-0.25, -0.2) is 4.98 Å². The Labute approximate surface area is 413 Å². The van der Waals surface area contributed by atoms with E-state index in [1.807, 2.05) is 17.0 Å². The Morgan fingerprint density at radius 2 is 1.49 bits per heavy atom. The zero-order valence-electron chi connectivity index (χ0n) is 40.5. The zero-order chi connectivity index (χ0) is 48.6. The first-order chi connectivity index (χ1) is 34.4. The lowest BCUT2D eigenvalue weighted by Crippen LogP contribution is -2.54. The van der Waals surface area contributed by atoms with Gasteiger partial charge in [0.15, 0.2) is 0 Å². The summed E-state index contributed by atoms with van der Waals surface area (Å²) in [6.45, 7) is 8.99. The van der Waals surface area contributed by atoms with E-state index in [1.165, 1.54) is 46.0 Å². The monoisotopic (exact) mass is 964 g/mol. The molecule has 11 rings (SSSR count). The van der Waals surface area contributed by atoms with Gasteiger partial charge in [-0.2, -0.15) is 23.3 Å². The fourth-order valence-electron chi connectivity index (χ4n) is 11.2. The Kier molecular flexibility index (Phi) is 13.4. The topological polar surface area (TPSA) is 116 Å². The molecule has 2 saturated carbocycles. The van der Waals surface area contributed by atoms with Crippen molar-refractivity contribution in [2.24, 2.45) is 17.8 Å². The van der Waals surface area contributed by atoms with Crippen molar-refractivity contribution in [1.82, 2.24) is 39.4 Å². The summed E-state index contributed by atoms with van der Waals surface area (Å²) in [7, 11) is 0. The number of likely N-dealkylation sites (tertiary alicyclic amines) is 2. The number of piperidine rings is 1. The molecule has 0 atom stereocenters. The molecular formula is C57H64F3N9O2. The van der Waals surface area contributed by atoms with Crippen molar-refractivity contribution >= 4 is 33.8 Å². The van der Waals surface area contributed by atoms with Crippen LogP contribution in [0.3, 0.4) is 0 Å². The van der Waals surface area contributed by atoms with Crippen molar-refractivity contribution in [2.45, 2.75) is 109 Å². The summed E-state index contributed by atoms with van der Waals surface area (Å²) < 4.78 is 42.8. The minimum atomic E-state index is -4.26. The third kappa shape index (κ3) is 11.0. The molecule has 4 aliphatic rings. The van der Waals surface area contributed by atoms with E-state index in [1.54, 1.807) is 6.20 Å². The Morgan fingerprint density at radius 3 is 2.23 bits per heavy atom. The number of aromatic nitrogens is 5. The number of amides is 1. The quantitative estimate of drug-likeness (QED) is 0.0877. The molecule has 370 valence electrons. The van der Waals surface area contributed by atoms with Crippen LogP contribution in [0.5, 0.6) is 0 Å². The lowest BCUT2D eigenvalue weighted by atomic mass is 9.79. The van der Waals surface area contributed by atoms with Crippen molar-refractivity contribution in [2.75, 3.05) is 38.0 Å². The molecule has 2 saturated heterocycles. The molecule has 14 heteroatoms. The van der Waals surface area contributed by atoms with Crippen LogP contribution in [0.25, 0.3) is 44.2 Å². The van der Waals surface area contributed by atoms with Crippen LogP contribution >= 0.6 is 0 Å². The molecule has 4 aromatic carbocycles. The summed E-state index contributed by atoms with van der Waals surface area (Å²) in [5.74, 6) is 2.26. The molecule has 0 bridgehead atoms. The number of fused-ring (bicyclic) bond motifs is 2. The van der Waals surface area contributed by atoms with E-state index in [4.69, 9.17) is 10.1 Å². The number of nitrogens with one attached hydrogen (secondary N) is 2. The highest BCUT2D eigenvalue weighted by molar-refractivity contribution is 5.95. The van der Waals surface area contributed by atoms with Crippen LogP contribution < -0.4 is 10.6 Å². The molecule has 3 N–H and O–H groups in total. The van der Waals surface area contributed by atoms with Gasteiger partial charge in [-0.05, 0) is 152 Å². The van der Waals surface area contributed by atoms with Gasteiger partial charge in [0.05, 0.1) is 18.0 Å². The molecule has 11 nitrogen and oxygen atoms in total. The van der Waals surface area contributed by atoms with Crippen LogP contribution in [0.4, 0.5) is 19.1 Å². The van der Waals surface area contributed by atoms with Gasteiger partial charge in [0, 0.05) is 92.3 Å². The number of hydrogen-bond acceptors (Lipinski definition) is 8. The highest BCUT2D eigenvalue weighted by Crippen LogP contribution is 2.38. The van der Waals surface area contributed by atoms with Gasteiger partial charge in [-0.3, -0.25) is 14.4 Å². The minimum Gasteiger partial charge on any atom is -0.393 e. The number of aryl methyl sites for hydroxylation is 1. The summed E-state index contributed by atoms with van der Waals surface area (Å²) in [6.07, 6.45) is 8.37. The molecule has 2 aliphatic carbocycles. The average molecular weight is 964 g/mol. The number of aliphatic hydroxyl groups is 1. The van der Waals surface area contributed by atoms with Gasteiger partial charge >= 0.3 is 6.18 Å². The summed E-state index contributed by atoms with van der Waals surface area (Å²) in [6, 6.07) is 30.2. The number of benzene rings is 4. The van der Waals surface area contributed by atoms with Crippen LogP contribution in [0.15, 0.2) is 104 Å². The van der Waals surface area contributed by atoms with Gasteiger partial charge in [-0.1, -0.05) is 60.7 Å². The largest absolute Gasteiger partial charge is 0.393 e. The SMILES string of the molecule is Cc1cc(CNCc2ccc(C(=O)N3CC(C4CCN(Cc5ccc(-c6cn(C7CCC(O)CC7)c7nc(NCCC(F)(F)F)ncc67)cc5)CC4)C3)cc2)ccc1-c1ccc2nn(CC3CC3)cc2c1. The maximum atomic E-state index is 13.5. The van der Waals surface area contributed by atoms with Crippen molar-refractivity contribution in [3.63, 3.8) is 0 Å². The number of carbonyl (C=O) groups excluding carboxylic acids is 1. The smallest absolute Gasteiger partial charge is 0.390 e. The standard InChI is InChI=1S/C57H64F3N9O2/c1-37-26-41(8-18-50(37)45-13-19-53-46(27-45)35-68(65-53)32-40-2-3-40)29-61-28-38-4-11-44(12-5-38)55(71)67-33-47(34-67)42-20-24-66(25-21-42)31-39-6-9-43(10-7-39)52-36-69(48-14-16-49(70)17-15-48)54-51(52)30-63-56(64-54)62-23-22-57(58,59)60/h4-13,18-19,26-27,30,35-36,40,42,47-49,61,70H,2-3,14-17,20-25,28-29,31-34H2,1H3,(H,62,63,64). The second kappa shape index (κ2) is 20.2. The normalized spacial score (nSPS) is 19.4. The van der Waals surface area contributed by atoms with Crippen LogP contribution in [-0.2, 0) is 26.2 Å². The lowest BCUT2D eigenvalue weighted by molar-refractivity contribution is -0.131. The van der Waals surface area contributed by atoms with E-state index in [0.29, 0.717) is 30.3 Å². The molecule has 3 aromatic heterocycles. The number of alkyl halides is 3. The lowest BCUT2D eigenvalue weighted by Gasteiger charge is -2.46. The summed E-state index contributed by atoms with van der Waals surface area (Å²) in [5.41, 5.74) is 11.9. The first kappa shape index (κ1) is 47.2. The van der Waals surface area contributed by atoms with Crippen molar-refractivity contribution < 1.29 is 23.1 Å². The minimum absolute atomic E-state index is 0.121. The maximum absolute atomic E-state index is 13.5. The number of nitrogens with zero attached hydrogens (tertiary/aromatic N) is 7. The summed E-state index contributed by atoms with van der Waals surface area (Å²) in [4.78, 5) is 27.1. The summed E-state index contributed by atoms with van der Waals surface area (Å²) in [5, 5.41) is 23.3. The first-order valence-corrected chi connectivity index (χ1v) is 25.8. The van der Waals surface area contributed by atoms with Gasteiger partial charge in [0.2, 0.25) is 5.95 Å². The van der Waals surface area contributed by atoms with Crippen molar-refractivity contribution in [3.8, 4) is 22.3 Å². The molecule has 71 heavy (non-hydrogen) atoms. The Balaban J connectivity index is 0.625. The third-order valence-electron chi connectivity index (χ3n) is 15.6. The number of halogens is 3. The molecule has 1 amide bonds. The second-order valence-electron chi connectivity index (χ2n) is 20.9. The fraction of sp³-hybridized carbons (Fsp3) is 0.439. The third-order valence-corrected chi connectivity index (χ3v) is 15.6. The Bertz CT molecular complexity index is 2980. The number of carbonyl (C=O) groups is 1. The van der Waals surface area contributed by atoms with Crippen molar-refractivity contribution in [3.05, 3.63) is 131 Å². The second-order valence-corrected chi connectivity index (χ2v) is 20.9. The van der Waals surface area contributed by atoms with Crippen LogP contribution in [0.1, 0.15) is 96.4 Å². The number of aliphatic hydroxyl groups excluding tert-OH is 1. The highest BCUT2D eigenvalue weighted by atomic mass is 19.4. The van der Waals surface area contributed by atoms with Crippen LogP contribution in [0.2, 0.25) is 0 Å². The molecule has 5 heterocycles. The molecule has 4 fully saturated rings. The van der Waals surface area contributed by atoms with Crippen LogP contribution in [-0.4, -0.2) is 90.1 Å². The molecule has 0 radical (unpaired) electrons. The molecular weight excluding hydrogens is 900 g/mol. The van der Waals surface area contributed by atoms with Gasteiger partial charge in [-0.15, -0.1) is 0 Å². The van der Waals surface area contributed by atoms with E-state index in [9.17, 15) is 23.1 Å². The fourth-order valence-corrected chi connectivity index (χ4v) is 11.2. The van der Waals surface area contributed by atoms with Gasteiger partial charge < -0.3 is 25.2 Å². The number of rotatable bonds is 16. The zero-order valence-corrected chi connectivity index (χ0v) is 40.5. The first-order valence-electron chi connectivity index (χ1n) is 25.8. The Morgan fingerprint density at radius 1 is 0.775 bits per heavy atom. The molecule has 2 aliphatic heterocycles. The molecule has 7 aromatic rings. The van der Waals surface area contributed by atoms with E-state index in [2.05, 4.69) is 122 Å². The van der Waals surface area contributed by atoms with Gasteiger partial charge in [0.1, 0.15) is 5.65 Å². The van der Waals surface area contributed by atoms with Crippen LogP contribution in [0, 0.1) is 24.7 Å². The summed E-state index contributed by atoms with van der Waals surface area (Å²) >= 11 is 0. The van der Waals surface area contributed by atoms with E-state index < -0.39 is 12.6 Å². The Hall–Kier alpha value is -6.09. The number of hydrogen-bond donors (Lipinski definition) is 3. The number of anilines is 1. The van der Waals surface area contributed by atoms with E-state index in [0.717, 1.165) is 117 Å². The van der Waals surface area contributed by atoms with E-state index in [-0.39, 0.29) is 30.5 Å². The highest BCUT2D eigenvalue weighted by Gasteiger charge is 2.38. The van der Waals surface area contributed by atoms with E-state index >= 15 is 0 Å². The van der Waals surface area contributed by atoms with Gasteiger partial charge in [0.25, 0.3) is 5.91 Å². The van der Waals surface area contributed by atoms with Crippen molar-refractivity contribution in [1.29, 1.82) is 0 Å². The predicted molar refractivity (Wildman–Crippen MR) is 273 cm³/mol. The molecule has 0 unspecified atom stereocenters. The average Bonchev–Trinajstić information content (AvgIpc) is 3.95. The molecule has 0 spiro atoms.